The zero-order chi connectivity index (χ0) is 17.6. The van der Waals surface area contributed by atoms with Crippen LogP contribution in [-0.2, 0) is 11.3 Å². The number of esters is 1. The zero-order valence-corrected chi connectivity index (χ0v) is 14.6. The van der Waals surface area contributed by atoms with E-state index >= 15 is 0 Å². The second-order valence-electron chi connectivity index (χ2n) is 6.21. The first-order valence-electron chi connectivity index (χ1n) is 8.76. The molecule has 3 rings (SSSR count). The molecule has 0 unspecified atom stereocenters. The molecule has 0 radical (unpaired) electrons. The van der Waals surface area contributed by atoms with Crippen LogP contribution in [0.5, 0.6) is 0 Å². The number of carbonyl (C=O) groups excluding carboxylic acids is 1. The maximum absolute atomic E-state index is 12.0. The molecule has 132 valence electrons. The summed E-state index contributed by atoms with van der Waals surface area (Å²) in [6.07, 6.45) is 0. The van der Waals surface area contributed by atoms with Crippen molar-refractivity contribution in [3.8, 4) is 0 Å². The van der Waals surface area contributed by atoms with Gasteiger partial charge in [-0.2, -0.15) is 0 Å². The Morgan fingerprint density at radius 3 is 2.44 bits per heavy atom. The van der Waals surface area contributed by atoms with E-state index in [2.05, 4.69) is 34.1 Å². The summed E-state index contributed by atoms with van der Waals surface area (Å²) in [4.78, 5) is 16.7. The fourth-order valence-electron chi connectivity index (χ4n) is 3.20. The van der Waals surface area contributed by atoms with Gasteiger partial charge in [0.05, 0.1) is 23.5 Å². The molecule has 1 fully saturated rings. The van der Waals surface area contributed by atoms with Crippen LogP contribution in [-0.4, -0.2) is 43.7 Å². The lowest BCUT2D eigenvalue weighted by atomic mass is 10.1. The molecular formula is C20H25N3O2. The summed E-state index contributed by atoms with van der Waals surface area (Å²) in [5.74, 6) is -0.357. The Kier molecular flexibility index (Phi) is 5.56. The fourth-order valence-corrected chi connectivity index (χ4v) is 3.20. The van der Waals surface area contributed by atoms with E-state index in [1.54, 1.807) is 13.0 Å². The van der Waals surface area contributed by atoms with E-state index in [0.717, 1.165) is 38.4 Å². The normalized spacial score (nSPS) is 15.2. The van der Waals surface area contributed by atoms with Crippen LogP contribution in [0.1, 0.15) is 22.8 Å². The number of nitrogen functional groups attached to an aromatic ring is 1. The molecule has 1 heterocycles. The lowest BCUT2D eigenvalue weighted by Crippen LogP contribution is -2.46. The molecule has 2 aromatic carbocycles. The van der Waals surface area contributed by atoms with Gasteiger partial charge in [0, 0.05) is 32.7 Å². The van der Waals surface area contributed by atoms with Gasteiger partial charge in [0.25, 0.3) is 0 Å². The highest BCUT2D eigenvalue weighted by atomic mass is 16.5. The molecule has 2 N–H and O–H groups in total. The second-order valence-corrected chi connectivity index (χ2v) is 6.21. The summed E-state index contributed by atoms with van der Waals surface area (Å²) >= 11 is 0. The Bertz CT molecular complexity index is 710. The summed E-state index contributed by atoms with van der Waals surface area (Å²) in [7, 11) is 0. The van der Waals surface area contributed by atoms with Crippen LogP contribution in [0.4, 0.5) is 11.4 Å². The third-order valence-corrected chi connectivity index (χ3v) is 4.54. The molecular weight excluding hydrogens is 314 g/mol. The van der Waals surface area contributed by atoms with Crippen molar-refractivity contribution in [2.45, 2.75) is 13.5 Å². The number of carbonyl (C=O) groups is 1. The van der Waals surface area contributed by atoms with Gasteiger partial charge in [0.1, 0.15) is 0 Å². The molecule has 0 spiro atoms. The van der Waals surface area contributed by atoms with Crippen LogP contribution in [0.25, 0.3) is 0 Å². The molecule has 2 aromatic rings. The lowest BCUT2D eigenvalue weighted by Gasteiger charge is -2.36. The highest BCUT2D eigenvalue weighted by Crippen LogP contribution is 2.28. The third-order valence-electron chi connectivity index (χ3n) is 4.54. The Labute approximate surface area is 149 Å². The summed E-state index contributed by atoms with van der Waals surface area (Å²) < 4.78 is 5.09. The van der Waals surface area contributed by atoms with Gasteiger partial charge >= 0.3 is 5.97 Å². The first kappa shape index (κ1) is 17.3. The maximum atomic E-state index is 12.0. The number of hydrogen-bond donors (Lipinski definition) is 1. The van der Waals surface area contributed by atoms with Gasteiger partial charge in [-0.1, -0.05) is 36.4 Å². The standard InChI is InChI=1S/C20H25N3O2/c1-2-25-20(24)17-9-6-10-18(19(17)21)23-13-11-22(12-14-23)15-16-7-4-3-5-8-16/h3-10H,2,11-15,21H2,1H3. The number of piperazine rings is 1. The first-order chi connectivity index (χ1) is 12.2. The second kappa shape index (κ2) is 8.03. The van der Waals surface area contributed by atoms with Crippen molar-refractivity contribution in [2.24, 2.45) is 0 Å². The molecule has 5 heteroatoms. The predicted octanol–water partition coefficient (Wildman–Crippen LogP) is 2.77. The zero-order valence-electron chi connectivity index (χ0n) is 14.6. The minimum atomic E-state index is -0.357. The van der Waals surface area contributed by atoms with E-state index in [1.807, 2.05) is 18.2 Å². The molecule has 25 heavy (non-hydrogen) atoms. The van der Waals surface area contributed by atoms with Crippen molar-refractivity contribution >= 4 is 17.3 Å². The Hall–Kier alpha value is -2.53. The Balaban J connectivity index is 1.65. The molecule has 0 aromatic heterocycles. The molecule has 5 nitrogen and oxygen atoms in total. The van der Waals surface area contributed by atoms with Gasteiger partial charge in [-0.05, 0) is 24.6 Å². The van der Waals surface area contributed by atoms with Crippen LogP contribution < -0.4 is 10.6 Å². The number of rotatable bonds is 5. The van der Waals surface area contributed by atoms with Crippen molar-refractivity contribution in [1.82, 2.24) is 4.90 Å². The number of nitrogens with two attached hydrogens (primary N) is 1. The summed E-state index contributed by atoms with van der Waals surface area (Å²) in [6, 6.07) is 16.1. The molecule has 0 bridgehead atoms. The van der Waals surface area contributed by atoms with Crippen LogP contribution in [0, 0.1) is 0 Å². The average Bonchev–Trinajstić information content (AvgIpc) is 2.64. The average molecular weight is 339 g/mol. The summed E-state index contributed by atoms with van der Waals surface area (Å²) in [5.41, 5.74) is 9.46. The van der Waals surface area contributed by atoms with Crippen molar-refractivity contribution < 1.29 is 9.53 Å². The van der Waals surface area contributed by atoms with Crippen LogP contribution in [0.3, 0.4) is 0 Å². The SMILES string of the molecule is CCOC(=O)c1cccc(N2CCN(Cc3ccccc3)CC2)c1N. The smallest absolute Gasteiger partial charge is 0.340 e. The predicted molar refractivity (Wildman–Crippen MR) is 101 cm³/mol. The van der Waals surface area contributed by atoms with Crippen molar-refractivity contribution in [2.75, 3.05) is 43.4 Å². The number of benzene rings is 2. The van der Waals surface area contributed by atoms with Crippen LogP contribution in [0.15, 0.2) is 48.5 Å². The Morgan fingerprint density at radius 1 is 1.04 bits per heavy atom. The highest BCUT2D eigenvalue weighted by molar-refractivity contribution is 5.98. The third kappa shape index (κ3) is 4.12. The van der Waals surface area contributed by atoms with E-state index in [0.29, 0.717) is 17.9 Å². The van der Waals surface area contributed by atoms with E-state index in [9.17, 15) is 4.79 Å². The topological polar surface area (TPSA) is 58.8 Å². The van der Waals surface area contributed by atoms with Gasteiger partial charge in [-0.15, -0.1) is 0 Å². The van der Waals surface area contributed by atoms with E-state index in [4.69, 9.17) is 10.5 Å². The minimum Gasteiger partial charge on any atom is -0.462 e. The summed E-state index contributed by atoms with van der Waals surface area (Å²) in [5, 5.41) is 0. The number of hydrogen-bond acceptors (Lipinski definition) is 5. The molecule has 0 amide bonds. The lowest BCUT2D eigenvalue weighted by molar-refractivity contribution is 0.0527. The highest BCUT2D eigenvalue weighted by Gasteiger charge is 2.21. The number of ether oxygens (including phenoxy) is 1. The first-order valence-corrected chi connectivity index (χ1v) is 8.76. The molecule has 1 aliphatic heterocycles. The van der Waals surface area contributed by atoms with Gasteiger partial charge < -0.3 is 15.4 Å². The number of para-hydroxylation sites is 1. The minimum absolute atomic E-state index is 0.348. The molecule has 1 aliphatic rings. The molecule has 0 saturated carbocycles. The molecule has 0 atom stereocenters. The van der Waals surface area contributed by atoms with Gasteiger partial charge in [0.2, 0.25) is 0 Å². The van der Waals surface area contributed by atoms with E-state index in [1.165, 1.54) is 5.56 Å². The van der Waals surface area contributed by atoms with E-state index < -0.39 is 0 Å². The monoisotopic (exact) mass is 339 g/mol. The van der Waals surface area contributed by atoms with Crippen molar-refractivity contribution in [3.63, 3.8) is 0 Å². The van der Waals surface area contributed by atoms with E-state index in [-0.39, 0.29) is 5.97 Å². The Morgan fingerprint density at radius 2 is 1.76 bits per heavy atom. The van der Waals surface area contributed by atoms with Crippen LogP contribution in [0.2, 0.25) is 0 Å². The van der Waals surface area contributed by atoms with Gasteiger partial charge in [0.15, 0.2) is 0 Å². The quantitative estimate of drug-likeness (QED) is 0.670. The molecule has 0 aliphatic carbocycles. The maximum Gasteiger partial charge on any atom is 0.340 e. The number of nitrogens with zero attached hydrogens (tertiary/aromatic N) is 2. The largest absolute Gasteiger partial charge is 0.462 e. The van der Waals surface area contributed by atoms with Gasteiger partial charge in [-0.3, -0.25) is 4.90 Å². The molecule has 1 saturated heterocycles. The van der Waals surface area contributed by atoms with Crippen LogP contribution >= 0.6 is 0 Å². The van der Waals surface area contributed by atoms with Crippen molar-refractivity contribution in [3.05, 3.63) is 59.7 Å². The van der Waals surface area contributed by atoms with Crippen molar-refractivity contribution in [1.29, 1.82) is 0 Å². The van der Waals surface area contributed by atoms with Gasteiger partial charge in [-0.25, -0.2) is 4.79 Å². The summed E-state index contributed by atoms with van der Waals surface area (Å²) in [6.45, 7) is 6.83. The number of anilines is 2. The fraction of sp³-hybridized carbons (Fsp3) is 0.350.